The number of carbonyl (C=O) groups is 3. The second kappa shape index (κ2) is 7.61. The van der Waals surface area contributed by atoms with Crippen molar-refractivity contribution in [3.05, 3.63) is 0 Å². The molecule has 3 amide bonds. The van der Waals surface area contributed by atoms with Crippen LogP contribution in [-0.4, -0.2) is 60.8 Å². The quantitative estimate of drug-likeness (QED) is 0.703. The first-order chi connectivity index (χ1) is 10.9. The Bertz CT molecular complexity index is 460. The monoisotopic (exact) mass is 329 g/mol. The van der Waals surface area contributed by atoms with E-state index in [9.17, 15) is 18.8 Å². The average molecular weight is 329 g/mol. The van der Waals surface area contributed by atoms with Gasteiger partial charge in [0.25, 0.3) is 5.91 Å². The number of hydrogen-bond acceptors (Lipinski definition) is 4. The number of esters is 1. The van der Waals surface area contributed by atoms with Crippen molar-refractivity contribution in [3.63, 3.8) is 0 Å². The standard InChI is InChI=1S/C15H24FN3O4/c1-2-23-12(20)5-8-17-14(22)19-9-6-15(16,7-10-19)13(21)18-11-3-4-11/h11H,2-10H2,1H3,(H,17,22)(H,18,21). The van der Waals surface area contributed by atoms with Crippen LogP contribution >= 0.6 is 0 Å². The van der Waals surface area contributed by atoms with Crippen molar-refractivity contribution in [2.75, 3.05) is 26.2 Å². The van der Waals surface area contributed by atoms with E-state index >= 15 is 0 Å². The van der Waals surface area contributed by atoms with Gasteiger partial charge in [0.2, 0.25) is 0 Å². The Hall–Kier alpha value is -1.86. The number of carbonyl (C=O) groups excluding carboxylic acids is 3. The van der Waals surface area contributed by atoms with E-state index in [1.54, 1.807) is 6.92 Å². The fourth-order valence-electron chi connectivity index (χ4n) is 2.45. The van der Waals surface area contributed by atoms with Crippen molar-refractivity contribution < 1.29 is 23.5 Å². The maximum atomic E-state index is 14.6. The molecular weight excluding hydrogens is 305 g/mol. The molecule has 8 heteroatoms. The Morgan fingerprint density at radius 3 is 2.48 bits per heavy atom. The average Bonchev–Trinajstić information content (AvgIpc) is 3.32. The lowest BCUT2D eigenvalue weighted by Gasteiger charge is -2.35. The van der Waals surface area contributed by atoms with Gasteiger partial charge in [0.1, 0.15) is 0 Å². The molecule has 130 valence electrons. The highest BCUT2D eigenvalue weighted by molar-refractivity contribution is 5.86. The van der Waals surface area contributed by atoms with E-state index in [0.29, 0.717) is 6.61 Å². The van der Waals surface area contributed by atoms with Crippen LogP contribution in [0.3, 0.4) is 0 Å². The summed E-state index contributed by atoms with van der Waals surface area (Å²) in [6, 6.07) is -0.224. The molecule has 0 unspecified atom stereocenters. The topological polar surface area (TPSA) is 87.7 Å². The number of alkyl halides is 1. The first-order valence-electron chi connectivity index (χ1n) is 8.13. The number of hydrogen-bond donors (Lipinski definition) is 2. The molecule has 7 nitrogen and oxygen atoms in total. The van der Waals surface area contributed by atoms with Crippen LogP contribution in [0.5, 0.6) is 0 Å². The maximum Gasteiger partial charge on any atom is 0.317 e. The molecule has 0 aromatic heterocycles. The molecule has 0 radical (unpaired) electrons. The van der Waals surface area contributed by atoms with Crippen molar-refractivity contribution in [3.8, 4) is 0 Å². The molecule has 2 rings (SSSR count). The van der Waals surface area contributed by atoms with Gasteiger partial charge in [0.05, 0.1) is 13.0 Å². The lowest BCUT2D eigenvalue weighted by molar-refractivity contribution is -0.143. The number of likely N-dealkylation sites (tertiary alicyclic amines) is 1. The molecule has 2 N–H and O–H groups in total. The van der Waals surface area contributed by atoms with E-state index in [4.69, 9.17) is 4.74 Å². The molecule has 1 heterocycles. The molecule has 0 spiro atoms. The van der Waals surface area contributed by atoms with E-state index in [0.717, 1.165) is 12.8 Å². The minimum Gasteiger partial charge on any atom is -0.466 e. The van der Waals surface area contributed by atoms with E-state index in [-0.39, 0.29) is 56.9 Å². The van der Waals surface area contributed by atoms with Gasteiger partial charge < -0.3 is 20.3 Å². The van der Waals surface area contributed by atoms with Crippen molar-refractivity contribution >= 4 is 17.9 Å². The van der Waals surface area contributed by atoms with Crippen molar-refractivity contribution in [2.24, 2.45) is 0 Å². The summed E-state index contributed by atoms with van der Waals surface area (Å²) in [5, 5.41) is 5.29. The number of halogens is 1. The highest BCUT2D eigenvalue weighted by Crippen LogP contribution is 2.29. The highest BCUT2D eigenvalue weighted by Gasteiger charge is 2.44. The van der Waals surface area contributed by atoms with Gasteiger partial charge in [-0.1, -0.05) is 0 Å². The van der Waals surface area contributed by atoms with E-state index < -0.39 is 11.6 Å². The van der Waals surface area contributed by atoms with Crippen LogP contribution in [0.2, 0.25) is 0 Å². The van der Waals surface area contributed by atoms with E-state index in [2.05, 4.69) is 10.6 Å². The van der Waals surface area contributed by atoms with Crippen LogP contribution in [-0.2, 0) is 14.3 Å². The minimum atomic E-state index is -1.88. The Morgan fingerprint density at radius 2 is 1.91 bits per heavy atom. The fourth-order valence-corrected chi connectivity index (χ4v) is 2.45. The predicted octanol–water partition coefficient (Wildman–Crippen LogP) is 0.732. The van der Waals surface area contributed by atoms with Gasteiger partial charge in [-0.25, -0.2) is 9.18 Å². The summed E-state index contributed by atoms with van der Waals surface area (Å²) in [6.45, 7) is 2.56. The van der Waals surface area contributed by atoms with Crippen molar-refractivity contribution in [1.29, 1.82) is 0 Å². The van der Waals surface area contributed by atoms with Crippen LogP contribution in [0.15, 0.2) is 0 Å². The molecule has 0 atom stereocenters. The molecular formula is C15H24FN3O4. The summed E-state index contributed by atoms with van der Waals surface area (Å²) < 4.78 is 19.4. The first kappa shape index (κ1) is 17.5. The molecule has 1 saturated carbocycles. The van der Waals surface area contributed by atoms with Crippen molar-refractivity contribution in [2.45, 2.75) is 50.7 Å². The second-order valence-corrected chi connectivity index (χ2v) is 5.99. The Balaban J connectivity index is 1.69. The summed E-state index contributed by atoms with van der Waals surface area (Å²) in [5.41, 5.74) is -1.88. The Kier molecular flexibility index (Phi) is 5.79. The van der Waals surface area contributed by atoms with Crippen LogP contribution < -0.4 is 10.6 Å². The number of amides is 3. The lowest BCUT2D eigenvalue weighted by atomic mass is 9.92. The van der Waals surface area contributed by atoms with Gasteiger partial charge in [-0.05, 0) is 19.8 Å². The molecule has 0 bridgehead atoms. The smallest absolute Gasteiger partial charge is 0.317 e. The summed E-state index contributed by atoms with van der Waals surface area (Å²) in [4.78, 5) is 36.5. The van der Waals surface area contributed by atoms with Gasteiger partial charge in [-0.15, -0.1) is 0 Å². The van der Waals surface area contributed by atoms with Gasteiger partial charge in [0.15, 0.2) is 5.67 Å². The molecule has 23 heavy (non-hydrogen) atoms. The first-order valence-corrected chi connectivity index (χ1v) is 8.13. The third-order valence-corrected chi connectivity index (χ3v) is 4.07. The zero-order chi connectivity index (χ0) is 16.9. The number of rotatable bonds is 6. The molecule has 1 aliphatic heterocycles. The van der Waals surface area contributed by atoms with Gasteiger partial charge >= 0.3 is 12.0 Å². The number of ether oxygens (including phenoxy) is 1. The molecule has 2 aliphatic rings. The maximum absolute atomic E-state index is 14.6. The second-order valence-electron chi connectivity index (χ2n) is 5.99. The molecule has 1 aliphatic carbocycles. The zero-order valence-electron chi connectivity index (χ0n) is 13.4. The summed E-state index contributed by atoms with van der Waals surface area (Å²) >= 11 is 0. The third-order valence-electron chi connectivity index (χ3n) is 4.07. The van der Waals surface area contributed by atoms with Crippen LogP contribution in [0.25, 0.3) is 0 Å². The summed E-state index contributed by atoms with van der Waals surface area (Å²) in [7, 11) is 0. The molecule has 1 saturated heterocycles. The number of urea groups is 1. The molecule has 0 aromatic rings. The van der Waals surface area contributed by atoms with E-state index in [1.165, 1.54) is 4.90 Å². The van der Waals surface area contributed by atoms with E-state index in [1.807, 2.05) is 0 Å². The predicted molar refractivity (Wildman–Crippen MR) is 80.5 cm³/mol. The SMILES string of the molecule is CCOC(=O)CCNC(=O)N1CCC(F)(C(=O)NC2CC2)CC1. The van der Waals surface area contributed by atoms with Gasteiger partial charge in [-0.3, -0.25) is 9.59 Å². The highest BCUT2D eigenvalue weighted by atomic mass is 19.1. The number of nitrogens with one attached hydrogen (secondary N) is 2. The number of nitrogens with zero attached hydrogens (tertiary/aromatic N) is 1. The summed E-state index contributed by atoms with van der Waals surface area (Å²) in [6.07, 6.45) is 1.92. The molecule has 2 fully saturated rings. The minimum absolute atomic E-state index is 0.00313. The normalized spacial score (nSPS) is 19.8. The Labute approximate surface area is 134 Å². The lowest BCUT2D eigenvalue weighted by Crippen LogP contribution is -2.54. The van der Waals surface area contributed by atoms with Crippen LogP contribution in [0, 0.1) is 0 Å². The zero-order valence-corrected chi connectivity index (χ0v) is 13.4. The number of piperidine rings is 1. The molecule has 0 aromatic carbocycles. The third kappa shape index (κ3) is 5.07. The largest absolute Gasteiger partial charge is 0.466 e. The van der Waals surface area contributed by atoms with Crippen molar-refractivity contribution in [1.82, 2.24) is 15.5 Å². The van der Waals surface area contributed by atoms with Crippen LogP contribution in [0.1, 0.15) is 39.0 Å². The Morgan fingerprint density at radius 1 is 1.26 bits per heavy atom. The van der Waals surface area contributed by atoms with Gasteiger partial charge in [-0.2, -0.15) is 0 Å². The fraction of sp³-hybridized carbons (Fsp3) is 0.800. The summed E-state index contributed by atoms with van der Waals surface area (Å²) in [5.74, 6) is -0.923. The van der Waals surface area contributed by atoms with Gasteiger partial charge in [0, 0.05) is 38.5 Å². The van der Waals surface area contributed by atoms with Crippen LogP contribution in [0.4, 0.5) is 9.18 Å².